The van der Waals surface area contributed by atoms with Crippen LogP contribution in [-0.4, -0.2) is 34.1 Å². The number of aromatic nitrogens is 2. The molecule has 1 aromatic heterocycles. The van der Waals surface area contributed by atoms with Crippen molar-refractivity contribution in [2.75, 3.05) is 13.1 Å². The fourth-order valence-electron chi connectivity index (χ4n) is 2.56. The van der Waals surface area contributed by atoms with Gasteiger partial charge in [-0.1, -0.05) is 0 Å². The summed E-state index contributed by atoms with van der Waals surface area (Å²) >= 11 is 0. The van der Waals surface area contributed by atoms with Gasteiger partial charge in [0.2, 0.25) is 5.91 Å². The van der Waals surface area contributed by atoms with Crippen LogP contribution in [0.1, 0.15) is 38.2 Å². The van der Waals surface area contributed by atoms with Crippen molar-refractivity contribution in [3.05, 3.63) is 18.0 Å². The second kappa shape index (κ2) is 5.87. The fourth-order valence-corrected chi connectivity index (χ4v) is 2.56. The summed E-state index contributed by atoms with van der Waals surface area (Å²) < 4.78 is 0. The normalized spacial score (nSPS) is 23.1. The maximum absolute atomic E-state index is 12.1. The number of hydrogen-bond donors (Lipinski definition) is 1. The predicted molar refractivity (Wildman–Crippen MR) is 71.1 cm³/mol. The van der Waals surface area contributed by atoms with Crippen LogP contribution in [0.15, 0.2) is 12.4 Å². The highest BCUT2D eigenvalue weighted by Gasteiger charge is 2.32. The van der Waals surface area contributed by atoms with E-state index in [-0.39, 0.29) is 11.3 Å². The quantitative estimate of drug-likeness (QED) is 0.898. The summed E-state index contributed by atoms with van der Waals surface area (Å²) in [5, 5.41) is 15.8. The van der Waals surface area contributed by atoms with Crippen molar-refractivity contribution in [3.63, 3.8) is 0 Å². The zero-order valence-corrected chi connectivity index (χ0v) is 11.4. The van der Waals surface area contributed by atoms with Gasteiger partial charge in [0.05, 0.1) is 17.7 Å². The van der Waals surface area contributed by atoms with Crippen molar-refractivity contribution in [1.82, 2.24) is 15.1 Å². The van der Waals surface area contributed by atoms with E-state index < -0.39 is 0 Å². The van der Waals surface area contributed by atoms with E-state index in [0.717, 1.165) is 37.8 Å². The van der Waals surface area contributed by atoms with E-state index in [2.05, 4.69) is 16.3 Å². The summed E-state index contributed by atoms with van der Waals surface area (Å²) in [5.41, 5.74) is 0.770. The molecule has 1 N–H and O–H groups in total. The van der Waals surface area contributed by atoms with Crippen LogP contribution in [0.2, 0.25) is 0 Å². The highest BCUT2D eigenvalue weighted by molar-refractivity contribution is 5.76. The molecule has 2 heterocycles. The Morgan fingerprint density at radius 2 is 2.53 bits per heavy atom. The number of carbonyl (C=O) groups excluding carboxylic acids is 1. The average molecular weight is 260 g/mol. The van der Waals surface area contributed by atoms with Crippen LogP contribution in [0.3, 0.4) is 0 Å². The lowest BCUT2D eigenvalue weighted by Crippen LogP contribution is -2.44. The molecule has 1 amide bonds. The zero-order valence-electron chi connectivity index (χ0n) is 11.4. The minimum atomic E-state index is -0.363. The lowest BCUT2D eigenvalue weighted by Gasteiger charge is -2.36. The van der Waals surface area contributed by atoms with E-state index in [4.69, 9.17) is 5.26 Å². The summed E-state index contributed by atoms with van der Waals surface area (Å²) in [4.78, 5) is 14.0. The van der Waals surface area contributed by atoms with Gasteiger partial charge in [-0.25, -0.2) is 0 Å². The molecule has 0 unspecified atom stereocenters. The van der Waals surface area contributed by atoms with Crippen LogP contribution in [-0.2, 0) is 11.2 Å². The smallest absolute Gasteiger partial charge is 0.222 e. The van der Waals surface area contributed by atoms with Gasteiger partial charge in [-0.05, 0) is 38.2 Å². The van der Waals surface area contributed by atoms with E-state index in [1.165, 1.54) is 0 Å². The molecular weight excluding hydrogens is 240 g/mol. The van der Waals surface area contributed by atoms with E-state index in [1.807, 2.05) is 18.0 Å². The molecule has 2 rings (SSSR count). The van der Waals surface area contributed by atoms with Gasteiger partial charge in [-0.15, -0.1) is 0 Å². The molecule has 19 heavy (non-hydrogen) atoms. The number of amides is 1. The van der Waals surface area contributed by atoms with Crippen molar-refractivity contribution in [3.8, 4) is 6.07 Å². The summed E-state index contributed by atoms with van der Waals surface area (Å²) in [5.74, 6) is 0.171. The molecular formula is C14H20N4O. The number of nitriles is 1. The summed E-state index contributed by atoms with van der Waals surface area (Å²) in [7, 11) is 0. The van der Waals surface area contributed by atoms with E-state index in [1.54, 1.807) is 6.20 Å². The molecule has 0 aromatic carbocycles. The van der Waals surface area contributed by atoms with Crippen LogP contribution in [0.4, 0.5) is 0 Å². The SMILES string of the molecule is C[C@@]1(C#N)CCCN(C(=O)CCCc2cn[nH]c2)C1. The second-order valence-corrected chi connectivity index (χ2v) is 5.55. The monoisotopic (exact) mass is 260 g/mol. The number of H-pyrrole nitrogens is 1. The highest BCUT2D eigenvalue weighted by atomic mass is 16.2. The van der Waals surface area contributed by atoms with Gasteiger partial charge < -0.3 is 4.90 Å². The van der Waals surface area contributed by atoms with Crippen LogP contribution in [0.5, 0.6) is 0 Å². The molecule has 1 fully saturated rings. The third-order valence-electron chi connectivity index (χ3n) is 3.73. The lowest BCUT2D eigenvalue weighted by molar-refractivity contribution is -0.133. The van der Waals surface area contributed by atoms with E-state index in [9.17, 15) is 4.79 Å². The number of piperidine rings is 1. The number of aryl methyl sites for hydroxylation is 1. The highest BCUT2D eigenvalue weighted by Crippen LogP contribution is 2.28. The molecule has 1 aromatic rings. The molecule has 5 nitrogen and oxygen atoms in total. The number of nitrogens with one attached hydrogen (secondary N) is 1. The molecule has 0 aliphatic carbocycles. The van der Waals surface area contributed by atoms with Gasteiger partial charge in [0.1, 0.15) is 0 Å². The summed E-state index contributed by atoms with van der Waals surface area (Å²) in [6.45, 7) is 3.31. The maximum Gasteiger partial charge on any atom is 0.222 e. The van der Waals surface area contributed by atoms with Crippen LogP contribution < -0.4 is 0 Å². The van der Waals surface area contributed by atoms with Crippen molar-refractivity contribution in [1.29, 1.82) is 5.26 Å². The Labute approximate surface area is 113 Å². The van der Waals surface area contributed by atoms with Crippen molar-refractivity contribution >= 4 is 5.91 Å². The van der Waals surface area contributed by atoms with Crippen LogP contribution >= 0.6 is 0 Å². The third-order valence-corrected chi connectivity index (χ3v) is 3.73. The molecule has 5 heteroatoms. The Bertz CT molecular complexity index is 462. The Balaban J connectivity index is 1.78. The largest absolute Gasteiger partial charge is 0.341 e. The first-order valence-corrected chi connectivity index (χ1v) is 6.80. The first kappa shape index (κ1) is 13.6. The number of aromatic amines is 1. The minimum Gasteiger partial charge on any atom is -0.341 e. The molecule has 0 bridgehead atoms. The molecule has 1 saturated heterocycles. The van der Waals surface area contributed by atoms with Gasteiger partial charge in [-0.3, -0.25) is 9.89 Å². The number of likely N-dealkylation sites (tertiary alicyclic amines) is 1. The fraction of sp³-hybridized carbons (Fsp3) is 0.643. The molecule has 102 valence electrons. The number of hydrogen-bond acceptors (Lipinski definition) is 3. The predicted octanol–water partition coefficient (Wildman–Crippen LogP) is 1.88. The standard InChI is InChI=1S/C14H20N4O/c1-14(10-15)6-3-7-18(11-14)13(19)5-2-4-12-8-16-17-9-12/h8-9H,2-7,11H2,1H3,(H,16,17)/t14-/m0/s1. The lowest BCUT2D eigenvalue weighted by atomic mass is 9.83. The van der Waals surface area contributed by atoms with Crippen LogP contribution in [0, 0.1) is 16.7 Å². The van der Waals surface area contributed by atoms with Crippen molar-refractivity contribution in [2.24, 2.45) is 5.41 Å². The Morgan fingerprint density at radius 3 is 3.21 bits per heavy atom. The Morgan fingerprint density at radius 1 is 1.68 bits per heavy atom. The molecule has 1 aliphatic heterocycles. The van der Waals surface area contributed by atoms with Crippen LogP contribution in [0.25, 0.3) is 0 Å². The number of nitrogens with zero attached hydrogens (tertiary/aromatic N) is 3. The van der Waals surface area contributed by atoms with Gasteiger partial charge >= 0.3 is 0 Å². The Kier molecular flexibility index (Phi) is 4.20. The summed E-state index contributed by atoms with van der Waals surface area (Å²) in [6, 6.07) is 2.34. The number of rotatable bonds is 4. The minimum absolute atomic E-state index is 0.171. The van der Waals surface area contributed by atoms with Gasteiger partial charge in [0.25, 0.3) is 0 Å². The molecule has 0 radical (unpaired) electrons. The molecule has 1 aliphatic rings. The molecule has 1 atom stereocenters. The third kappa shape index (κ3) is 3.57. The summed E-state index contributed by atoms with van der Waals surface area (Å²) in [6.07, 6.45) is 7.71. The van der Waals surface area contributed by atoms with Gasteiger partial charge in [0, 0.05) is 25.7 Å². The number of carbonyl (C=O) groups is 1. The average Bonchev–Trinajstić information content (AvgIpc) is 2.92. The van der Waals surface area contributed by atoms with Gasteiger partial charge in [-0.2, -0.15) is 10.4 Å². The first-order chi connectivity index (χ1) is 9.13. The maximum atomic E-state index is 12.1. The van der Waals surface area contributed by atoms with Gasteiger partial charge in [0.15, 0.2) is 0 Å². The molecule has 0 saturated carbocycles. The topological polar surface area (TPSA) is 72.8 Å². The van der Waals surface area contributed by atoms with E-state index in [0.29, 0.717) is 13.0 Å². The van der Waals surface area contributed by atoms with E-state index >= 15 is 0 Å². The Hall–Kier alpha value is -1.83. The first-order valence-electron chi connectivity index (χ1n) is 6.80. The van der Waals surface area contributed by atoms with Crippen molar-refractivity contribution < 1.29 is 4.79 Å². The zero-order chi connectivity index (χ0) is 13.7. The van der Waals surface area contributed by atoms with Crippen molar-refractivity contribution in [2.45, 2.75) is 39.0 Å². The second-order valence-electron chi connectivity index (χ2n) is 5.55. The molecule has 0 spiro atoms.